The predicted octanol–water partition coefficient (Wildman–Crippen LogP) is 5.75. The van der Waals surface area contributed by atoms with E-state index in [-0.39, 0.29) is 5.57 Å². The summed E-state index contributed by atoms with van der Waals surface area (Å²) in [6.45, 7) is 6.42. The number of aryl methyl sites for hydroxylation is 3. The number of nitriles is 1. The van der Waals surface area contributed by atoms with Crippen molar-refractivity contribution < 1.29 is 14.3 Å². The molecule has 32 heavy (non-hydrogen) atoms. The van der Waals surface area contributed by atoms with E-state index in [1.54, 1.807) is 31.4 Å². The van der Waals surface area contributed by atoms with Crippen LogP contribution in [0.4, 0.5) is 5.69 Å². The number of nitrogens with one attached hydrogen (secondary N) is 1. The molecular formula is C27H26N2O3. The van der Waals surface area contributed by atoms with E-state index < -0.39 is 5.91 Å². The van der Waals surface area contributed by atoms with Gasteiger partial charge in [0.15, 0.2) is 0 Å². The minimum absolute atomic E-state index is 0.0206. The highest BCUT2D eigenvalue weighted by molar-refractivity contribution is 6.09. The van der Waals surface area contributed by atoms with Crippen molar-refractivity contribution in [3.8, 4) is 17.6 Å². The van der Waals surface area contributed by atoms with Gasteiger partial charge in [-0.15, -0.1) is 0 Å². The fourth-order valence-corrected chi connectivity index (χ4v) is 3.17. The van der Waals surface area contributed by atoms with Crippen LogP contribution in [0.2, 0.25) is 0 Å². The van der Waals surface area contributed by atoms with Gasteiger partial charge in [0.1, 0.15) is 29.7 Å². The number of amides is 1. The van der Waals surface area contributed by atoms with Crippen molar-refractivity contribution in [3.05, 3.63) is 94.1 Å². The maximum Gasteiger partial charge on any atom is 0.266 e. The van der Waals surface area contributed by atoms with E-state index >= 15 is 0 Å². The number of hydrogen-bond acceptors (Lipinski definition) is 4. The topological polar surface area (TPSA) is 71.3 Å². The van der Waals surface area contributed by atoms with E-state index in [0.717, 1.165) is 11.1 Å². The Kier molecular flexibility index (Phi) is 7.30. The summed E-state index contributed by atoms with van der Waals surface area (Å²) in [6.07, 6.45) is 1.53. The number of benzene rings is 3. The molecule has 3 aromatic carbocycles. The molecule has 3 rings (SSSR count). The second-order valence-electron chi connectivity index (χ2n) is 7.60. The quantitative estimate of drug-likeness (QED) is 0.386. The highest BCUT2D eigenvalue weighted by atomic mass is 16.5. The zero-order valence-electron chi connectivity index (χ0n) is 18.7. The molecule has 162 valence electrons. The number of anilines is 1. The molecular weight excluding hydrogens is 400 g/mol. The lowest BCUT2D eigenvalue weighted by Gasteiger charge is -2.13. The van der Waals surface area contributed by atoms with Crippen LogP contribution in [0.1, 0.15) is 27.8 Å². The molecule has 3 aromatic rings. The molecule has 1 amide bonds. The van der Waals surface area contributed by atoms with Crippen LogP contribution in [0, 0.1) is 32.1 Å². The number of hydrogen-bond donors (Lipinski definition) is 1. The third kappa shape index (κ3) is 5.77. The van der Waals surface area contributed by atoms with Crippen LogP contribution >= 0.6 is 0 Å². The fraction of sp³-hybridized carbons (Fsp3) is 0.185. The zero-order valence-corrected chi connectivity index (χ0v) is 18.7. The van der Waals surface area contributed by atoms with Crippen LogP contribution in [0.15, 0.2) is 66.2 Å². The van der Waals surface area contributed by atoms with Gasteiger partial charge in [-0.25, -0.2) is 0 Å². The first-order valence-electron chi connectivity index (χ1n) is 10.3. The number of methoxy groups -OCH3 is 1. The molecule has 0 atom stereocenters. The average Bonchev–Trinajstić information content (AvgIpc) is 2.78. The Bertz CT molecular complexity index is 1210. The van der Waals surface area contributed by atoms with Crippen LogP contribution in [-0.2, 0) is 11.4 Å². The largest absolute Gasteiger partial charge is 0.497 e. The summed E-state index contributed by atoms with van der Waals surface area (Å²) in [7, 11) is 1.58. The molecule has 0 aliphatic heterocycles. The van der Waals surface area contributed by atoms with Gasteiger partial charge >= 0.3 is 0 Å². The van der Waals surface area contributed by atoms with Crippen molar-refractivity contribution in [2.45, 2.75) is 27.4 Å². The second-order valence-corrected chi connectivity index (χ2v) is 7.60. The first-order valence-corrected chi connectivity index (χ1v) is 10.3. The van der Waals surface area contributed by atoms with Crippen molar-refractivity contribution >= 4 is 17.7 Å². The minimum atomic E-state index is -0.478. The van der Waals surface area contributed by atoms with Crippen LogP contribution in [0.25, 0.3) is 6.08 Å². The molecule has 0 radical (unpaired) electrons. The third-order valence-corrected chi connectivity index (χ3v) is 5.13. The standard InChI is InChI=1S/C27H26N2O3/c1-18-6-5-7-24(12-18)29-27(30)23(16-28)14-22-10-11-25(31-4)15-26(22)32-17-21-9-8-19(2)20(3)13-21/h5-15H,17H2,1-4H3,(H,29,30)/b23-14+. The van der Waals surface area contributed by atoms with E-state index in [4.69, 9.17) is 9.47 Å². The summed E-state index contributed by atoms with van der Waals surface area (Å²) >= 11 is 0. The molecule has 0 unspecified atom stereocenters. The van der Waals surface area contributed by atoms with Gasteiger partial charge < -0.3 is 14.8 Å². The first kappa shape index (κ1) is 22.6. The SMILES string of the molecule is COc1ccc(/C=C(\C#N)C(=O)Nc2cccc(C)c2)c(OCc2ccc(C)c(C)c2)c1. The molecule has 0 aromatic heterocycles. The molecule has 5 nitrogen and oxygen atoms in total. The van der Waals surface area contributed by atoms with Gasteiger partial charge in [-0.1, -0.05) is 30.3 Å². The van der Waals surface area contributed by atoms with Crippen molar-refractivity contribution in [3.63, 3.8) is 0 Å². The molecule has 0 aliphatic rings. The van der Waals surface area contributed by atoms with Gasteiger partial charge in [0.05, 0.1) is 7.11 Å². The highest BCUT2D eigenvalue weighted by Crippen LogP contribution is 2.28. The van der Waals surface area contributed by atoms with Crippen molar-refractivity contribution in [2.75, 3.05) is 12.4 Å². The lowest BCUT2D eigenvalue weighted by atomic mass is 10.1. The van der Waals surface area contributed by atoms with Gasteiger partial charge in [0.2, 0.25) is 0 Å². The Morgan fingerprint density at radius 1 is 1.03 bits per heavy atom. The van der Waals surface area contributed by atoms with Crippen LogP contribution in [0.3, 0.4) is 0 Å². The summed E-state index contributed by atoms with van der Waals surface area (Å²) in [5, 5.41) is 12.4. The first-order chi connectivity index (χ1) is 15.4. The maximum atomic E-state index is 12.7. The maximum absolute atomic E-state index is 12.7. The van der Waals surface area contributed by atoms with E-state index in [1.165, 1.54) is 17.2 Å². The van der Waals surface area contributed by atoms with Crippen molar-refractivity contribution in [2.24, 2.45) is 0 Å². The van der Waals surface area contributed by atoms with Crippen molar-refractivity contribution in [1.82, 2.24) is 0 Å². The Morgan fingerprint density at radius 2 is 1.84 bits per heavy atom. The minimum Gasteiger partial charge on any atom is -0.497 e. The summed E-state index contributed by atoms with van der Waals surface area (Å²) < 4.78 is 11.4. The van der Waals surface area contributed by atoms with E-state index in [9.17, 15) is 10.1 Å². The van der Waals surface area contributed by atoms with Gasteiger partial charge in [-0.05, 0) is 73.4 Å². The van der Waals surface area contributed by atoms with Gasteiger partial charge in [-0.3, -0.25) is 4.79 Å². The summed E-state index contributed by atoms with van der Waals surface area (Å²) in [6, 6.07) is 20.9. The summed E-state index contributed by atoms with van der Waals surface area (Å²) in [4.78, 5) is 12.7. The lowest BCUT2D eigenvalue weighted by molar-refractivity contribution is -0.112. The molecule has 5 heteroatoms. The van der Waals surface area contributed by atoms with E-state index in [0.29, 0.717) is 29.4 Å². The normalized spacial score (nSPS) is 10.9. The zero-order chi connectivity index (χ0) is 23.1. The van der Waals surface area contributed by atoms with Gasteiger partial charge in [0.25, 0.3) is 5.91 Å². The van der Waals surface area contributed by atoms with Gasteiger partial charge in [0, 0.05) is 17.3 Å². The molecule has 0 saturated carbocycles. The fourth-order valence-electron chi connectivity index (χ4n) is 3.17. The van der Waals surface area contributed by atoms with Crippen LogP contribution in [-0.4, -0.2) is 13.0 Å². The Morgan fingerprint density at radius 3 is 2.53 bits per heavy atom. The van der Waals surface area contributed by atoms with Crippen molar-refractivity contribution in [1.29, 1.82) is 5.26 Å². The summed E-state index contributed by atoms with van der Waals surface area (Å²) in [5.41, 5.74) is 5.69. The van der Waals surface area contributed by atoms with Gasteiger partial charge in [-0.2, -0.15) is 5.26 Å². The second kappa shape index (κ2) is 10.3. The average molecular weight is 427 g/mol. The smallest absolute Gasteiger partial charge is 0.266 e. The Hall–Kier alpha value is -4.04. The third-order valence-electron chi connectivity index (χ3n) is 5.13. The predicted molar refractivity (Wildman–Crippen MR) is 127 cm³/mol. The van der Waals surface area contributed by atoms with Crippen LogP contribution < -0.4 is 14.8 Å². The monoisotopic (exact) mass is 426 g/mol. The number of nitrogens with zero attached hydrogens (tertiary/aromatic N) is 1. The molecule has 0 spiro atoms. The Balaban J connectivity index is 1.86. The van der Waals surface area contributed by atoms with E-state index in [1.807, 2.05) is 37.3 Å². The molecule has 0 heterocycles. The molecule has 0 aliphatic carbocycles. The number of rotatable bonds is 7. The molecule has 0 saturated heterocycles. The molecule has 0 bridgehead atoms. The number of ether oxygens (including phenoxy) is 2. The van der Waals surface area contributed by atoms with E-state index in [2.05, 4.69) is 31.3 Å². The van der Waals surface area contributed by atoms with Crippen LogP contribution in [0.5, 0.6) is 11.5 Å². The highest BCUT2D eigenvalue weighted by Gasteiger charge is 2.13. The lowest BCUT2D eigenvalue weighted by Crippen LogP contribution is -2.13. The Labute approximate surface area is 188 Å². The summed E-state index contributed by atoms with van der Waals surface area (Å²) in [5.74, 6) is 0.674. The number of carbonyl (C=O) groups excluding carboxylic acids is 1. The number of carbonyl (C=O) groups is 1. The molecule has 1 N–H and O–H groups in total. The molecule has 0 fully saturated rings.